The van der Waals surface area contributed by atoms with Crippen molar-refractivity contribution in [2.45, 2.75) is 70.6 Å². The second-order valence-corrected chi connectivity index (χ2v) is 6.46. The number of ketones is 1. The van der Waals surface area contributed by atoms with Gasteiger partial charge in [-0.1, -0.05) is 0 Å². The molecule has 0 aliphatic carbocycles. The lowest BCUT2D eigenvalue weighted by molar-refractivity contribution is -0.125. The van der Waals surface area contributed by atoms with Crippen molar-refractivity contribution in [3.8, 4) is 0 Å². The number of amides is 1. The van der Waals surface area contributed by atoms with Gasteiger partial charge in [0.15, 0.2) is 0 Å². The zero-order valence-corrected chi connectivity index (χ0v) is 11.1. The van der Waals surface area contributed by atoms with Crippen molar-refractivity contribution in [2.75, 3.05) is 0 Å². The molecule has 2 bridgehead atoms. The third-order valence-electron chi connectivity index (χ3n) is 3.59. The molecule has 0 radical (unpaired) electrons. The predicted octanol–water partition coefficient (Wildman–Crippen LogP) is 2.51. The van der Waals surface area contributed by atoms with E-state index >= 15 is 0 Å². The van der Waals surface area contributed by atoms with Crippen molar-refractivity contribution in [3.05, 3.63) is 0 Å². The first kappa shape index (κ1) is 12.4. The largest absolute Gasteiger partial charge is 0.444 e. The van der Waals surface area contributed by atoms with Gasteiger partial charge in [0, 0.05) is 18.9 Å². The molecule has 0 unspecified atom stereocenters. The summed E-state index contributed by atoms with van der Waals surface area (Å²) in [5.41, 5.74) is -0.795. The van der Waals surface area contributed by atoms with Crippen LogP contribution in [0.15, 0.2) is 0 Å². The van der Waals surface area contributed by atoms with Crippen LogP contribution in [-0.4, -0.2) is 34.0 Å². The minimum atomic E-state index is -0.478. The van der Waals surface area contributed by atoms with Crippen LogP contribution in [0.5, 0.6) is 0 Å². The van der Waals surface area contributed by atoms with Crippen molar-refractivity contribution < 1.29 is 14.3 Å². The molecule has 2 aliphatic rings. The minimum Gasteiger partial charge on any atom is -0.444 e. The topological polar surface area (TPSA) is 46.6 Å². The molecular weight excluding hydrogens is 218 g/mol. The summed E-state index contributed by atoms with van der Waals surface area (Å²) in [6.45, 7) is 7.59. The summed E-state index contributed by atoms with van der Waals surface area (Å²) in [4.78, 5) is 25.6. The quantitative estimate of drug-likeness (QED) is 0.652. The number of hydrogen-bond donors (Lipinski definition) is 0. The summed E-state index contributed by atoms with van der Waals surface area (Å²) < 4.78 is 5.43. The van der Waals surface area contributed by atoms with Gasteiger partial charge in [0.2, 0.25) is 0 Å². The summed E-state index contributed by atoms with van der Waals surface area (Å²) in [7, 11) is 0. The van der Waals surface area contributed by atoms with Crippen LogP contribution < -0.4 is 0 Å². The van der Waals surface area contributed by atoms with Gasteiger partial charge in [0.1, 0.15) is 11.4 Å². The van der Waals surface area contributed by atoms with Crippen LogP contribution >= 0.6 is 0 Å². The Morgan fingerprint density at radius 1 is 1.47 bits per heavy atom. The molecule has 0 aromatic heterocycles. The summed E-state index contributed by atoms with van der Waals surface area (Å²) in [6.07, 6.45) is 2.52. The normalized spacial score (nSPS) is 32.8. The van der Waals surface area contributed by atoms with Crippen molar-refractivity contribution in [1.82, 2.24) is 4.90 Å². The lowest BCUT2D eigenvalue weighted by Crippen LogP contribution is -2.55. The van der Waals surface area contributed by atoms with Crippen LogP contribution in [-0.2, 0) is 9.53 Å². The Labute approximate surface area is 102 Å². The van der Waals surface area contributed by atoms with E-state index in [4.69, 9.17) is 4.74 Å². The number of carbonyl (C=O) groups excluding carboxylic acids is 2. The highest BCUT2D eigenvalue weighted by Gasteiger charge is 2.51. The highest BCUT2D eigenvalue weighted by molar-refractivity contribution is 5.84. The number of rotatable bonds is 0. The molecule has 0 aromatic rings. The molecule has 0 N–H and O–H groups in total. The van der Waals surface area contributed by atoms with Gasteiger partial charge >= 0.3 is 6.09 Å². The van der Waals surface area contributed by atoms with Crippen LogP contribution in [0.1, 0.15) is 53.4 Å². The van der Waals surface area contributed by atoms with Crippen LogP contribution in [0.3, 0.4) is 0 Å². The maximum absolute atomic E-state index is 12.2. The van der Waals surface area contributed by atoms with Gasteiger partial charge in [-0.15, -0.1) is 0 Å². The zero-order chi connectivity index (χ0) is 12.8. The fraction of sp³-hybridized carbons (Fsp3) is 0.846. The molecule has 4 heteroatoms. The van der Waals surface area contributed by atoms with E-state index in [1.807, 2.05) is 27.7 Å². The minimum absolute atomic E-state index is 0.0519. The first-order valence-electron chi connectivity index (χ1n) is 6.25. The number of fused-ring (bicyclic) bond motifs is 2. The number of hydrogen-bond acceptors (Lipinski definition) is 3. The van der Waals surface area contributed by atoms with Gasteiger partial charge in [-0.2, -0.15) is 0 Å². The Kier molecular flexibility index (Phi) is 2.71. The Morgan fingerprint density at radius 2 is 2.12 bits per heavy atom. The highest BCUT2D eigenvalue weighted by atomic mass is 16.6. The number of nitrogens with zero attached hydrogens (tertiary/aromatic N) is 1. The summed E-state index contributed by atoms with van der Waals surface area (Å²) in [5.74, 6) is 0.273. The lowest BCUT2D eigenvalue weighted by Gasteiger charge is -2.42. The SMILES string of the molecule is CC(C)(C)OC(=O)N1[C@@H]2CC[C@@]1(C)CC(=O)C2. The van der Waals surface area contributed by atoms with Gasteiger partial charge < -0.3 is 4.74 Å². The zero-order valence-electron chi connectivity index (χ0n) is 11.1. The van der Waals surface area contributed by atoms with E-state index in [0.29, 0.717) is 12.8 Å². The highest BCUT2D eigenvalue weighted by Crippen LogP contribution is 2.43. The van der Waals surface area contributed by atoms with E-state index in [0.717, 1.165) is 12.8 Å². The molecule has 1 amide bonds. The van der Waals surface area contributed by atoms with Gasteiger partial charge in [0.25, 0.3) is 0 Å². The molecular formula is C13H21NO3. The number of carbonyl (C=O) groups is 2. The molecule has 0 saturated carbocycles. The molecule has 4 nitrogen and oxygen atoms in total. The molecule has 0 aromatic carbocycles. The molecule has 17 heavy (non-hydrogen) atoms. The van der Waals surface area contributed by atoms with Crippen molar-refractivity contribution in [1.29, 1.82) is 0 Å². The molecule has 2 saturated heterocycles. The maximum atomic E-state index is 12.2. The van der Waals surface area contributed by atoms with E-state index in [1.165, 1.54) is 0 Å². The number of piperidine rings is 1. The van der Waals surface area contributed by atoms with E-state index in [-0.39, 0.29) is 23.5 Å². The van der Waals surface area contributed by atoms with Gasteiger partial charge in [-0.05, 0) is 40.5 Å². The molecule has 2 atom stereocenters. The third kappa shape index (κ3) is 2.31. The van der Waals surface area contributed by atoms with Crippen LogP contribution in [0.4, 0.5) is 4.79 Å². The molecule has 96 valence electrons. The van der Waals surface area contributed by atoms with Crippen LogP contribution in [0, 0.1) is 0 Å². The third-order valence-corrected chi connectivity index (χ3v) is 3.59. The Balaban J connectivity index is 2.17. The average molecular weight is 239 g/mol. The van der Waals surface area contributed by atoms with Crippen molar-refractivity contribution in [2.24, 2.45) is 0 Å². The molecule has 0 spiro atoms. The van der Waals surface area contributed by atoms with E-state index in [2.05, 4.69) is 0 Å². The summed E-state index contributed by atoms with van der Waals surface area (Å²) in [5, 5.41) is 0. The lowest BCUT2D eigenvalue weighted by atomic mass is 9.90. The molecule has 2 aliphatic heterocycles. The van der Waals surface area contributed by atoms with E-state index in [9.17, 15) is 9.59 Å². The van der Waals surface area contributed by atoms with Gasteiger partial charge in [-0.3, -0.25) is 9.69 Å². The molecule has 2 fully saturated rings. The number of ether oxygens (including phenoxy) is 1. The molecule has 2 rings (SSSR count). The van der Waals surface area contributed by atoms with Crippen LogP contribution in [0.2, 0.25) is 0 Å². The summed E-state index contributed by atoms with van der Waals surface area (Å²) in [6, 6.07) is 0.0519. The average Bonchev–Trinajstić information content (AvgIpc) is 2.31. The summed E-state index contributed by atoms with van der Waals surface area (Å²) >= 11 is 0. The standard InChI is InChI=1S/C13H21NO3/c1-12(2,3)17-11(16)14-9-5-6-13(14,4)8-10(15)7-9/h9H,5-8H2,1-4H3/t9-,13+/m1/s1. The molecule has 2 heterocycles. The van der Waals surface area contributed by atoms with Gasteiger partial charge in [-0.25, -0.2) is 4.79 Å². The Hall–Kier alpha value is -1.06. The monoisotopic (exact) mass is 239 g/mol. The fourth-order valence-corrected chi connectivity index (χ4v) is 2.98. The van der Waals surface area contributed by atoms with E-state index in [1.54, 1.807) is 4.90 Å². The van der Waals surface area contributed by atoms with Crippen molar-refractivity contribution in [3.63, 3.8) is 0 Å². The maximum Gasteiger partial charge on any atom is 0.411 e. The number of Topliss-reactive ketones (excluding diaryl/α,β-unsaturated/α-hetero) is 1. The Bertz CT molecular complexity index is 358. The second-order valence-electron chi connectivity index (χ2n) is 6.46. The van der Waals surface area contributed by atoms with Crippen molar-refractivity contribution >= 4 is 11.9 Å². The van der Waals surface area contributed by atoms with E-state index < -0.39 is 5.60 Å². The van der Waals surface area contributed by atoms with Crippen LogP contribution in [0.25, 0.3) is 0 Å². The fourth-order valence-electron chi connectivity index (χ4n) is 2.98. The Morgan fingerprint density at radius 3 is 2.65 bits per heavy atom. The first-order chi connectivity index (χ1) is 7.71. The predicted molar refractivity (Wildman–Crippen MR) is 63.7 cm³/mol. The smallest absolute Gasteiger partial charge is 0.411 e. The first-order valence-corrected chi connectivity index (χ1v) is 6.25. The second kappa shape index (κ2) is 3.72. The van der Waals surface area contributed by atoms with Gasteiger partial charge in [0.05, 0.1) is 5.54 Å².